The van der Waals surface area contributed by atoms with Gasteiger partial charge in [-0.25, -0.2) is 0 Å². The molecule has 7 nitrogen and oxygen atoms in total. The number of hydrogen-bond donors (Lipinski definition) is 1. The Balaban J connectivity index is 2.21. The Kier molecular flexibility index (Phi) is 6.46. The summed E-state index contributed by atoms with van der Waals surface area (Å²) in [7, 11) is 4.37. The quantitative estimate of drug-likeness (QED) is 0.405. The first-order valence-corrected chi connectivity index (χ1v) is 9.93. The summed E-state index contributed by atoms with van der Waals surface area (Å²) in [6, 6.07) is 5.87. The molecule has 9 heteroatoms. The van der Waals surface area contributed by atoms with Crippen LogP contribution in [0, 0.1) is 0 Å². The molecule has 1 aliphatic rings. The normalized spacial score (nSPS) is 18.3. The highest BCUT2D eigenvalue weighted by Crippen LogP contribution is 2.43. The van der Waals surface area contributed by atoms with Crippen LogP contribution in [0.2, 0.25) is 5.02 Å². The predicted octanol–water partition coefficient (Wildman–Crippen LogP) is 3.49. The first-order chi connectivity index (χ1) is 13.9. The summed E-state index contributed by atoms with van der Waals surface area (Å²) in [6.07, 6.45) is 0. The monoisotopic (exact) mass is 437 g/mol. The molecule has 0 radical (unpaired) electrons. The number of rotatable bonds is 7. The van der Waals surface area contributed by atoms with Gasteiger partial charge in [-0.1, -0.05) is 17.7 Å². The summed E-state index contributed by atoms with van der Waals surface area (Å²) >= 11 is 7.53. The van der Waals surface area contributed by atoms with E-state index in [1.807, 2.05) is 17.5 Å². The van der Waals surface area contributed by atoms with Crippen LogP contribution in [0.4, 0.5) is 0 Å². The zero-order valence-corrected chi connectivity index (χ0v) is 17.7. The van der Waals surface area contributed by atoms with Gasteiger partial charge in [0.05, 0.1) is 43.0 Å². The molecule has 0 aliphatic carbocycles. The number of halogens is 1. The van der Waals surface area contributed by atoms with Crippen LogP contribution in [0.25, 0.3) is 5.76 Å². The van der Waals surface area contributed by atoms with Crippen LogP contribution >= 0.6 is 22.9 Å². The molecule has 1 aliphatic heterocycles. The molecule has 0 spiro atoms. The van der Waals surface area contributed by atoms with Crippen molar-refractivity contribution in [1.82, 2.24) is 4.90 Å². The summed E-state index contributed by atoms with van der Waals surface area (Å²) in [4.78, 5) is 27.7. The maximum atomic E-state index is 12.9. The van der Waals surface area contributed by atoms with E-state index >= 15 is 0 Å². The van der Waals surface area contributed by atoms with E-state index in [2.05, 4.69) is 0 Å². The molecule has 1 fully saturated rings. The van der Waals surface area contributed by atoms with E-state index in [4.69, 9.17) is 25.8 Å². The standard InChI is InChI=1S/C20H20ClNO6S/c1-26-7-6-22-17(15-5-4-8-29-15)16(19(24)20(22)25)18(23)11-9-14(28-3)12(21)10-13(11)27-2/h4-5,8-10,17,23H,6-7H2,1-3H3/b18-16+. The van der Waals surface area contributed by atoms with Gasteiger partial charge in [0.1, 0.15) is 17.3 Å². The van der Waals surface area contributed by atoms with E-state index in [1.165, 1.54) is 49.7 Å². The Morgan fingerprint density at radius 1 is 1.21 bits per heavy atom. The van der Waals surface area contributed by atoms with Gasteiger partial charge in [0.2, 0.25) is 0 Å². The van der Waals surface area contributed by atoms with E-state index in [-0.39, 0.29) is 40.8 Å². The number of ether oxygens (including phenoxy) is 3. The molecule has 3 rings (SSSR count). The number of thiophene rings is 1. The minimum atomic E-state index is -0.770. The van der Waals surface area contributed by atoms with Crippen LogP contribution in [-0.2, 0) is 14.3 Å². The van der Waals surface area contributed by atoms with Crippen LogP contribution in [0.15, 0.2) is 35.2 Å². The minimum absolute atomic E-state index is 0.0174. The van der Waals surface area contributed by atoms with Gasteiger partial charge in [-0.2, -0.15) is 0 Å². The summed E-state index contributed by atoms with van der Waals surface area (Å²) in [5.41, 5.74) is 0.191. The van der Waals surface area contributed by atoms with Crippen LogP contribution in [0.5, 0.6) is 11.5 Å². The highest BCUT2D eigenvalue weighted by atomic mass is 35.5. The van der Waals surface area contributed by atoms with Gasteiger partial charge >= 0.3 is 0 Å². The Morgan fingerprint density at radius 2 is 1.93 bits per heavy atom. The molecule has 0 saturated carbocycles. The third-order valence-electron chi connectivity index (χ3n) is 4.62. The van der Waals surface area contributed by atoms with E-state index in [9.17, 15) is 14.7 Å². The van der Waals surface area contributed by atoms with Crippen LogP contribution in [0.3, 0.4) is 0 Å². The molecule has 1 amide bonds. The number of amides is 1. The second kappa shape index (κ2) is 8.86. The van der Waals surface area contributed by atoms with Crippen molar-refractivity contribution in [2.24, 2.45) is 0 Å². The molecule has 2 aromatic rings. The fourth-order valence-electron chi connectivity index (χ4n) is 3.23. The number of likely N-dealkylation sites (tertiary alicyclic amines) is 1. The van der Waals surface area contributed by atoms with Crippen molar-refractivity contribution in [2.45, 2.75) is 6.04 Å². The van der Waals surface area contributed by atoms with Gasteiger partial charge in [-0.15, -0.1) is 11.3 Å². The Bertz CT molecular complexity index is 956. The zero-order valence-electron chi connectivity index (χ0n) is 16.1. The fourth-order valence-corrected chi connectivity index (χ4v) is 4.31. The second-order valence-corrected chi connectivity index (χ2v) is 7.57. The second-order valence-electron chi connectivity index (χ2n) is 6.19. The molecule has 154 valence electrons. The van der Waals surface area contributed by atoms with Crippen molar-refractivity contribution < 1.29 is 28.9 Å². The predicted molar refractivity (Wildman–Crippen MR) is 110 cm³/mol. The largest absolute Gasteiger partial charge is 0.507 e. The minimum Gasteiger partial charge on any atom is -0.507 e. The molecule has 29 heavy (non-hydrogen) atoms. The van der Waals surface area contributed by atoms with E-state index < -0.39 is 17.7 Å². The molecule has 0 bridgehead atoms. The topological polar surface area (TPSA) is 85.3 Å². The van der Waals surface area contributed by atoms with E-state index in [1.54, 1.807) is 0 Å². The molecular formula is C20H20ClNO6S. The Hall–Kier alpha value is -2.55. The van der Waals surface area contributed by atoms with Crippen LogP contribution < -0.4 is 9.47 Å². The Morgan fingerprint density at radius 3 is 2.52 bits per heavy atom. The third kappa shape index (κ3) is 3.83. The molecule has 1 atom stereocenters. The van der Waals surface area contributed by atoms with Crippen molar-refractivity contribution in [3.05, 3.63) is 50.7 Å². The van der Waals surface area contributed by atoms with Crippen molar-refractivity contribution in [2.75, 3.05) is 34.5 Å². The number of benzene rings is 1. The summed E-state index contributed by atoms with van der Waals surface area (Å²) in [5.74, 6) is -1.26. The smallest absolute Gasteiger partial charge is 0.295 e. The summed E-state index contributed by atoms with van der Waals surface area (Å²) in [5, 5.41) is 13.3. The van der Waals surface area contributed by atoms with Crippen molar-refractivity contribution >= 4 is 40.4 Å². The number of carbonyl (C=O) groups excluding carboxylic acids is 2. The molecule has 1 N–H and O–H groups in total. The van der Waals surface area contributed by atoms with E-state index in [0.717, 1.165) is 4.88 Å². The number of carbonyl (C=O) groups is 2. The summed E-state index contributed by atoms with van der Waals surface area (Å²) < 4.78 is 15.6. The van der Waals surface area contributed by atoms with Gasteiger partial charge in [0.15, 0.2) is 0 Å². The Labute approximate surface area is 177 Å². The molecule has 1 saturated heterocycles. The lowest BCUT2D eigenvalue weighted by atomic mass is 9.99. The summed E-state index contributed by atoms with van der Waals surface area (Å²) in [6.45, 7) is 0.467. The number of nitrogens with zero attached hydrogens (tertiary/aromatic N) is 1. The average molecular weight is 438 g/mol. The van der Waals surface area contributed by atoms with Crippen LogP contribution in [0.1, 0.15) is 16.5 Å². The first-order valence-electron chi connectivity index (χ1n) is 8.67. The number of methoxy groups -OCH3 is 3. The average Bonchev–Trinajstić information content (AvgIpc) is 3.33. The van der Waals surface area contributed by atoms with Gasteiger partial charge in [-0.05, 0) is 17.5 Å². The molecule has 1 aromatic heterocycles. The number of aliphatic hydroxyl groups excluding tert-OH is 1. The lowest BCUT2D eigenvalue weighted by Gasteiger charge is -2.23. The fraction of sp³-hybridized carbons (Fsp3) is 0.300. The maximum Gasteiger partial charge on any atom is 0.295 e. The molecule has 2 heterocycles. The SMILES string of the molecule is COCCN1C(=O)C(=O)/C(=C(/O)c2cc(OC)c(Cl)cc2OC)C1c1cccs1. The van der Waals surface area contributed by atoms with Gasteiger partial charge in [0, 0.05) is 24.6 Å². The maximum absolute atomic E-state index is 12.9. The van der Waals surface area contributed by atoms with Gasteiger partial charge < -0.3 is 24.2 Å². The van der Waals surface area contributed by atoms with Crippen molar-refractivity contribution in [3.8, 4) is 11.5 Å². The zero-order chi connectivity index (χ0) is 21.1. The van der Waals surface area contributed by atoms with E-state index in [0.29, 0.717) is 5.75 Å². The number of Topliss-reactive ketones (excluding diaryl/α,β-unsaturated/α-hetero) is 1. The first kappa shape index (κ1) is 21.2. The number of hydrogen-bond acceptors (Lipinski definition) is 7. The lowest BCUT2D eigenvalue weighted by Crippen LogP contribution is -2.32. The highest BCUT2D eigenvalue weighted by molar-refractivity contribution is 7.10. The van der Waals surface area contributed by atoms with Crippen molar-refractivity contribution in [1.29, 1.82) is 0 Å². The molecular weight excluding hydrogens is 418 g/mol. The molecule has 1 aromatic carbocycles. The number of aliphatic hydroxyl groups is 1. The third-order valence-corrected chi connectivity index (χ3v) is 5.84. The molecule has 1 unspecified atom stereocenters. The van der Waals surface area contributed by atoms with Gasteiger partial charge in [0.25, 0.3) is 11.7 Å². The van der Waals surface area contributed by atoms with Gasteiger partial charge in [-0.3, -0.25) is 9.59 Å². The van der Waals surface area contributed by atoms with Crippen LogP contribution in [-0.4, -0.2) is 56.2 Å². The lowest BCUT2D eigenvalue weighted by molar-refractivity contribution is -0.140. The number of ketones is 1. The highest BCUT2D eigenvalue weighted by Gasteiger charge is 2.46. The van der Waals surface area contributed by atoms with Crippen molar-refractivity contribution in [3.63, 3.8) is 0 Å².